The van der Waals surface area contributed by atoms with Gasteiger partial charge in [0.25, 0.3) is 0 Å². The Kier molecular flexibility index (Phi) is 2.44. The van der Waals surface area contributed by atoms with E-state index in [2.05, 4.69) is 32.2 Å². The fourth-order valence-corrected chi connectivity index (χ4v) is 1.96. The Morgan fingerprint density at radius 2 is 1.75 bits per heavy atom. The van der Waals surface area contributed by atoms with Gasteiger partial charge in [-0.05, 0) is 33.6 Å². The highest BCUT2D eigenvalue weighted by atomic mass is 15.0. The summed E-state index contributed by atoms with van der Waals surface area (Å²) in [5.41, 5.74) is -0.168. The Morgan fingerprint density at radius 3 is 2.08 bits per heavy atom. The van der Waals surface area contributed by atoms with Crippen LogP contribution < -0.4 is 5.32 Å². The van der Waals surface area contributed by atoms with Crippen molar-refractivity contribution in [2.45, 2.75) is 57.5 Å². The predicted octanol–water partition coefficient (Wildman–Crippen LogP) is 2.21. The summed E-state index contributed by atoms with van der Waals surface area (Å²) in [6.07, 6.45) is 4.41. The number of hydrogen-bond acceptors (Lipinski definition) is 2. The molecule has 0 saturated heterocycles. The topological polar surface area (TPSA) is 35.8 Å². The van der Waals surface area contributed by atoms with E-state index in [-0.39, 0.29) is 11.1 Å². The van der Waals surface area contributed by atoms with E-state index in [0.29, 0.717) is 0 Å². The van der Waals surface area contributed by atoms with Crippen LogP contribution in [-0.4, -0.2) is 11.1 Å². The summed E-state index contributed by atoms with van der Waals surface area (Å²) in [5, 5.41) is 12.5. The van der Waals surface area contributed by atoms with Gasteiger partial charge in [-0.15, -0.1) is 0 Å². The van der Waals surface area contributed by atoms with E-state index >= 15 is 0 Å². The van der Waals surface area contributed by atoms with Gasteiger partial charge in [0, 0.05) is 5.54 Å². The summed E-state index contributed by atoms with van der Waals surface area (Å²) < 4.78 is 0. The Hall–Kier alpha value is -0.550. The molecule has 0 unspecified atom stereocenters. The van der Waals surface area contributed by atoms with E-state index in [1.807, 2.05) is 0 Å². The number of hydrogen-bond donors (Lipinski definition) is 1. The molecule has 2 nitrogen and oxygen atoms in total. The Labute approximate surface area is 75.0 Å². The van der Waals surface area contributed by atoms with Crippen LogP contribution in [0.2, 0.25) is 0 Å². The van der Waals surface area contributed by atoms with Crippen molar-refractivity contribution >= 4 is 0 Å². The van der Waals surface area contributed by atoms with E-state index in [4.69, 9.17) is 5.26 Å². The van der Waals surface area contributed by atoms with Crippen LogP contribution in [0.15, 0.2) is 0 Å². The molecule has 12 heavy (non-hydrogen) atoms. The quantitative estimate of drug-likeness (QED) is 0.648. The molecule has 0 spiro atoms. The minimum Gasteiger partial charge on any atom is -0.295 e. The van der Waals surface area contributed by atoms with E-state index in [1.54, 1.807) is 0 Å². The third-order valence-corrected chi connectivity index (χ3v) is 2.29. The van der Waals surface area contributed by atoms with Crippen LogP contribution in [0.1, 0.15) is 46.5 Å². The fourth-order valence-electron chi connectivity index (χ4n) is 1.96. The van der Waals surface area contributed by atoms with Crippen LogP contribution in [0.25, 0.3) is 0 Å². The van der Waals surface area contributed by atoms with Crippen LogP contribution in [0.4, 0.5) is 0 Å². The lowest BCUT2D eigenvalue weighted by atomic mass is 9.95. The van der Waals surface area contributed by atoms with Gasteiger partial charge in [0.2, 0.25) is 0 Å². The zero-order valence-electron chi connectivity index (χ0n) is 8.28. The molecule has 0 amide bonds. The molecule has 0 aromatic rings. The summed E-state index contributed by atoms with van der Waals surface area (Å²) >= 11 is 0. The molecule has 68 valence electrons. The van der Waals surface area contributed by atoms with Crippen molar-refractivity contribution in [2.75, 3.05) is 0 Å². The molecule has 0 aromatic heterocycles. The van der Waals surface area contributed by atoms with Crippen LogP contribution in [-0.2, 0) is 0 Å². The van der Waals surface area contributed by atoms with Crippen LogP contribution >= 0.6 is 0 Å². The first-order valence-electron chi connectivity index (χ1n) is 4.68. The van der Waals surface area contributed by atoms with Gasteiger partial charge in [0.1, 0.15) is 5.54 Å². The lowest BCUT2D eigenvalue weighted by Gasteiger charge is -2.32. The molecule has 1 aliphatic carbocycles. The van der Waals surface area contributed by atoms with Gasteiger partial charge in [0.05, 0.1) is 6.07 Å². The number of nitrogens with zero attached hydrogens (tertiary/aromatic N) is 1. The standard InChI is InChI=1S/C10H18N2/c1-9(2,3)12-10(8-11)6-4-5-7-10/h12H,4-7H2,1-3H3. The van der Waals surface area contributed by atoms with E-state index < -0.39 is 0 Å². The van der Waals surface area contributed by atoms with Gasteiger partial charge in [-0.2, -0.15) is 5.26 Å². The number of rotatable bonds is 1. The minimum atomic E-state index is -0.224. The van der Waals surface area contributed by atoms with Gasteiger partial charge in [-0.25, -0.2) is 0 Å². The van der Waals surface area contributed by atoms with E-state index in [9.17, 15) is 0 Å². The van der Waals surface area contributed by atoms with Gasteiger partial charge in [0.15, 0.2) is 0 Å². The first-order chi connectivity index (χ1) is 5.47. The summed E-state index contributed by atoms with van der Waals surface area (Å²) in [5.74, 6) is 0. The summed E-state index contributed by atoms with van der Waals surface area (Å²) in [6, 6.07) is 2.42. The zero-order chi connectivity index (χ0) is 9.24. The largest absolute Gasteiger partial charge is 0.295 e. The predicted molar refractivity (Wildman–Crippen MR) is 49.7 cm³/mol. The van der Waals surface area contributed by atoms with E-state index in [0.717, 1.165) is 12.8 Å². The monoisotopic (exact) mass is 166 g/mol. The Balaban J connectivity index is 2.64. The maximum Gasteiger partial charge on any atom is 0.107 e. The molecule has 1 rings (SSSR count). The van der Waals surface area contributed by atoms with Gasteiger partial charge >= 0.3 is 0 Å². The minimum absolute atomic E-state index is 0.0556. The van der Waals surface area contributed by atoms with Gasteiger partial charge < -0.3 is 0 Å². The van der Waals surface area contributed by atoms with Gasteiger partial charge in [-0.3, -0.25) is 5.32 Å². The van der Waals surface area contributed by atoms with Crippen LogP contribution in [0.5, 0.6) is 0 Å². The molecule has 0 atom stereocenters. The Bertz CT molecular complexity index is 189. The second-order valence-corrected chi connectivity index (χ2v) is 4.78. The van der Waals surface area contributed by atoms with Crippen LogP contribution in [0, 0.1) is 11.3 Å². The van der Waals surface area contributed by atoms with Crippen molar-refractivity contribution in [2.24, 2.45) is 0 Å². The average Bonchev–Trinajstić information content (AvgIpc) is 2.34. The lowest BCUT2D eigenvalue weighted by Crippen LogP contribution is -2.51. The Morgan fingerprint density at radius 1 is 1.25 bits per heavy atom. The third-order valence-electron chi connectivity index (χ3n) is 2.29. The summed E-state index contributed by atoms with van der Waals surface area (Å²) in [7, 11) is 0. The first-order valence-corrected chi connectivity index (χ1v) is 4.68. The molecule has 0 heterocycles. The van der Waals surface area contributed by atoms with E-state index in [1.165, 1.54) is 12.8 Å². The highest BCUT2D eigenvalue weighted by Gasteiger charge is 2.36. The molecule has 1 fully saturated rings. The first kappa shape index (κ1) is 9.54. The second-order valence-electron chi connectivity index (χ2n) is 4.78. The molecular weight excluding hydrogens is 148 g/mol. The molecule has 2 heteroatoms. The van der Waals surface area contributed by atoms with Crippen molar-refractivity contribution < 1.29 is 0 Å². The van der Waals surface area contributed by atoms with Gasteiger partial charge in [-0.1, -0.05) is 12.8 Å². The molecular formula is C10H18N2. The molecule has 1 N–H and O–H groups in total. The normalized spacial score (nSPS) is 22.2. The number of nitriles is 1. The molecule has 1 saturated carbocycles. The molecule has 0 bridgehead atoms. The van der Waals surface area contributed by atoms with Crippen molar-refractivity contribution in [3.63, 3.8) is 0 Å². The second kappa shape index (κ2) is 3.06. The smallest absolute Gasteiger partial charge is 0.107 e. The van der Waals surface area contributed by atoms with Crippen molar-refractivity contribution in [1.29, 1.82) is 5.26 Å². The maximum atomic E-state index is 9.07. The molecule has 0 radical (unpaired) electrons. The highest BCUT2D eigenvalue weighted by molar-refractivity contribution is 5.11. The zero-order valence-corrected chi connectivity index (χ0v) is 8.28. The summed E-state index contributed by atoms with van der Waals surface area (Å²) in [6.45, 7) is 6.35. The van der Waals surface area contributed by atoms with Crippen molar-refractivity contribution in [1.82, 2.24) is 5.32 Å². The fraction of sp³-hybridized carbons (Fsp3) is 0.900. The highest BCUT2D eigenvalue weighted by Crippen LogP contribution is 2.30. The SMILES string of the molecule is CC(C)(C)NC1(C#N)CCCC1. The van der Waals surface area contributed by atoms with Crippen molar-refractivity contribution in [3.8, 4) is 6.07 Å². The molecule has 0 aromatic carbocycles. The summed E-state index contributed by atoms with van der Waals surface area (Å²) in [4.78, 5) is 0. The third kappa shape index (κ3) is 2.22. The average molecular weight is 166 g/mol. The van der Waals surface area contributed by atoms with Crippen LogP contribution in [0.3, 0.4) is 0 Å². The maximum absolute atomic E-state index is 9.07. The van der Waals surface area contributed by atoms with Crippen molar-refractivity contribution in [3.05, 3.63) is 0 Å². The lowest BCUT2D eigenvalue weighted by molar-refractivity contribution is 0.304. The molecule has 0 aliphatic heterocycles. The number of nitrogens with one attached hydrogen (secondary N) is 1. The molecule has 1 aliphatic rings.